The van der Waals surface area contributed by atoms with Gasteiger partial charge in [0.15, 0.2) is 0 Å². The number of hydrogen-bond acceptors (Lipinski definition) is 3. The fourth-order valence-corrected chi connectivity index (χ4v) is 2.52. The average molecular weight is 299 g/mol. The molecular formula is C9H13BrClNOS. The Balaban J connectivity index is 2.39. The number of halogens is 2. The number of hydroxylamine groups is 1. The van der Waals surface area contributed by atoms with E-state index in [9.17, 15) is 0 Å². The van der Waals surface area contributed by atoms with Crippen molar-refractivity contribution in [3.05, 3.63) is 19.8 Å². The maximum Gasteiger partial charge on any atom is 0.107 e. The highest BCUT2D eigenvalue weighted by molar-refractivity contribution is 9.10. The van der Waals surface area contributed by atoms with Crippen LogP contribution in [0.5, 0.6) is 0 Å². The predicted octanol–water partition coefficient (Wildman–Crippen LogP) is 3.98. The maximum atomic E-state index is 5.90. The summed E-state index contributed by atoms with van der Waals surface area (Å²) in [7, 11) is 0. The summed E-state index contributed by atoms with van der Waals surface area (Å²) >= 11 is 10.8. The van der Waals surface area contributed by atoms with Crippen molar-refractivity contribution in [2.45, 2.75) is 32.9 Å². The van der Waals surface area contributed by atoms with Crippen LogP contribution in [0.3, 0.4) is 0 Å². The van der Waals surface area contributed by atoms with Crippen molar-refractivity contribution < 1.29 is 4.84 Å². The summed E-state index contributed by atoms with van der Waals surface area (Å²) in [6.45, 7) is 6.67. The zero-order valence-corrected chi connectivity index (χ0v) is 11.5. The van der Waals surface area contributed by atoms with Crippen molar-refractivity contribution in [1.29, 1.82) is 0 Å². The smallest absolute Gasteiger partial charge is 0.107 e. The van der Waals surface area contributed by atoms with Gasteiger partial charge in [0.2, 0.25) is 0 Å². The molecule has 0 bridgehead atoms. The SMILES string of the molecule is CC(C)(C)ONCc1cc(Br)c(Cl)s1. The van der Waals surface area contributed by atoms with Crippen LogP contribution in [0, 0.1) is 0 Å². The molecule has 80 valence electrons. The molecular weight excluding hydrogens is 286 g/mol. The minimum absolute atomic E-state index is 0.168. The molecule has 0 atom stereocenters. The van der Waals surface area contributed by atoms with Crippen molar-refractivity contribution in [2.24, 2.45) is 0 Å². The van der Waals surface area contributed by atoms with E-state index in [2.05, 4.69) is 21.4 Å². The summed E-state index contributed by atoms with van der Waals surface area (Å²) < 4.78 is 1.72. The van der Waals surface area contributed by atoms with Crippen LogP contribution in [0.2, 0.25) is 4.34 Å². The number of rotatable bonds is 3. The first kappa shape index (κ1) is 12.5. The van der Waals surface area contributed by atoms with Crippen LogP contribution in [0.4, 0.5) is 0 Å². The average Bonchev–Trinajstić information content (AvgIpc) is 2.28. The lowest BCUT2D eigenvalue weighted by Crippen LogP contribution is -2.28. The Labute approximate surface area is 102 Å². The van der Waals surface area contributed by atoms with Gasteiger partial charge in [-0.15, -0.1) is 11.3 Å². The van der Waals surface area contributed by atoms with E-state index < -0.39 is 0 Å². The van der Waals surface area contributed by atoms with Crippen LogP contribution in [0.1, 0.15) is 25.6 Å². The highest BCUT2D eigenvalue weighted by Gasteiger charge is 2.10. The molecule has 5 heteroatoms. The predicted molar refractivity (Wildman–Crippen MR) is 64.7 cm³/mol. The molecule has 2 nitrogen and oxygen atoms in total. The molecule has 0 aliphatic rings. The van der Waals surface area contributed by atoms with Gasteiger partial charge in [0.25, 0.3) is 0 Å². The topological polar surface area (TPSA) is 21.3 Å². The van der Waals surface area contributed by atoms with E-state index >= 15 is 0 Å². The van der Waals surface area contributed by atoms with E-state index in [-0.39, 0.29) is 5.60 Å². The number of nitrogens with one attached hydrogen (secondary N) is 1. The molecule has 0 unspecified atom stereocenters. The molecule has 14 heavy (non-hydrogen) atoms. The third-order valence-corrected chi connectivity index (χ3v) is 3.80. The van der Waals surface area contributed by atoms with Gasteiger partial charge >= 0.3 is 0 Å². The van der Waals surface area contributed by atoms with Crippen LogP contribution in [-0.2, 0) is 11.4 Å². The molecule has 0 saturated carbocycles. The second kappa shape index (κ2) is 4.94. The van der Waals surface area contributed by atoms with Crippen LogP contribution < -0.4 is 5.48 Å². The first-order valence-electron chi connectivity index (χ1n) is 4.23. The first-order chi connectivity index (χ1) is 6.38. The van der Waals surface area contributed by atoms with Gasteiger partial charge in [0.05, 0.1) is 12.1 Å². The first-order valence-corrected chi connectivity index (χ1v) is 6.22. The summed E-state index contributed by atoms with van der Waals surface area (Å²) in [5, 5.41) is 0. The van der Waals surface area contributed by atoms with Crippen molar-refractivity contribution in [2.75, 3.05) is 0 Å². The molecule has 0 saturated heterocycles. The highest BCUT2D eigenvalue weighted by atomic mass is 79.9. The van der Waals surface area contributed by atoms with Gasteiger partial charge in [0.1, 0.15) is 4.34 Å². The Hall–Kier alpha value is 0.390. The van der Waals surface area contributed by atoms with Gasteiger partial charge in [-0.3, -0.25) is 4.84 Å². The molecule has 1 N–H and O–H groups in total. The Morgan fingerprint density at radius 3 is 2.64 bits per heavy atom. The Bertz CT molecular complexity index is 289. The fraction of sp³-hybridized carbons (Fsp3) is 0.556. The Morgan fingerprint density at radius 2 is 2.21 bits per heavy atom. The summed E-state index contributed by atoms with van der Waals surface area (Å²) in [6.07, 6.45) is 0. The standard InChI is InChI=1S/C9H13BrClNOS/c1-9(2,3)13-12-5-6-4-7(10)8(11)14-6/h4,12H,5H2,1-3H3. The molecule has 1 aromatic rings. The summed E-state index contributed by atoms with van der Waals surface area (Å²) in [5.74, 6) is 0. The molecule has 0 spiro atoms. The second-order valence-electron chi connectivity index (χ2n) is 3.87. The van der Waals surface area contributed by atoms with Gasteiger partial charge < -0.3 is 0 Å². The molecule has 0 aromatic carbocycles. The lowest BCUT2D eigenvalue weighted by Gasteiger charge is -2.18. The molecule has 1 heterocycles. The molecule has 0 fully saturated rings. The van der Waals surface area contributed by atoms with E-state index in [0.29, 0.717) is 6.54 Å². The minimum Gasteiger partial charge on any atom is -0.296 e. The zero-order valence-electron chi connectivity index (χ0n) is 8.36. The molecule has 1 aromatic heterocycles. The molecule has 0 amide bonds. The maximum absolute atomic E-state index is 5.90. The summed E-state index contributed by atoms with van der Waals surface area (Å²) in [6, 6.07) is 1.99. The second-order valence-corrected chi connectivity index (χ2v) is 6.46. The quantitative estimate of drug-likeness (QED) is 0.852. The van der Waals surface area contributed by atoms with Gasteiger partial charge in [0, 0.05) is 9.35 Å². The number of thiophene rings is 1. The Morgan fingerprint density at radius 1 is 1.57 bits per heavy atom. The summed E-state index contributed by atoms with van der Waals surface area (Å²) in [4.78, 5) is 6.53. The third-order valence-electron chi connectivity index (χ3n) is 1.32. The Kier molecular flexibility index (Phi) is 4.40. The van der Waals surface area contributed by atoms with Gasteiger partial charge in [-0.05, 0) is 42.8 Å². The molecule has 0 aliphatic carbocycles. The molecule has 1 rings (SSSR count). The lowest BCUT2D eigenvalue weighted by atomic mass is 10.2. The molecule has 0 radical (unpaired) electrons. The van der Waals surface area contributed by atoms with Crippen LogP contribution in [-0.4, -0.2) is 5.60 Å². The third kappa shape index (κ3) is 4.28. The van der Waals surface area contributed by atoms with E-state index in [1.807, 2.05) is 26.8 Å². The van der Waals surface area contributed by atoms with Gasteiger partial charge in [-0.2, -0.15) is 5.48 Å². The minimum atomic E-state index is -0.168. The normalized spacial score (nSPS) is 12.1. The van der Waals surface area contributed by atoms with Gasteiger partial charge in [-0.25, -0.2) is 0 Å². The largest absolute Gasteiger partial charge is 0.296 e. The van der Waals surface area contributed by atoms with Crippen molar-refractivity contribution in [3.63, 3.8) is 0 Å². The van der Waals surface area contributed by atoms with Crippen LogP contribution in [0.15, 0.2) is 10.5 Å². The van der Waals surface area contributed by atoms with Gasteiger partial charge in [-0.1, -0.05) is 11.6 Å². The van der Waals surface area contributed by atoms with E-state index in [4.69, 9.17) is 16.4 Å². The zero-order chi connectivity index (χ0) is 10.8. The van der Waals surface area contributed by atoms with Crippen molar-refractivity contribution in [3.8, 4) is 0 Å². The fourth-order valence-electron chi connectivity index (χ4n) is 0.802. The van der Waals surface area contributed by atoms with Crippen molar-refractivity contribution in [1.82, 2.24) is 5.48 Å². The molecule has 0 aliphatic heterocycles. The highest BCUT2D eigenvalue weighted by Crippen LogP contribution is 2.31. The van der Waals surface area contributed by atoms with Crippen LogP contribution in [0.25, 0.3) is 0 Å². The van der Waals surface area contributed by atoms with E-state index in [1.54, 1.807) is 11.3 Å². The van der Waals surface area contributed by atoms with Crippen LogP contribution >= 0.6 is 38.9 Å². The van der Waals surface area contributed by atoms with E-state index in [1.165, 1.54) is 0 Å². The van der Waals surface area contributed by atoms with E-state index in [0.717, 1.165) is 13.7 Å². The monoisotopic (exact) mass is 297 g/mol. The lowest BCUT2D eigenvalue weighted by molar-refractivity contribution is -0.0754. The summed E-state index contributed by atoms with van der Waals surface area (Å²) in [5.41, 5.74) is 2.74. The van der Waals surface area contributed by atoms with Crippen molar-refractivity contribution >= 4 is 38.9 Å². The number of hydrogen-bond donors (Lipinski definition) is 1.